The van der Waals surface area contributed by atoms with E-state index in [1.807, 2.05) is 42.3 Å². The Morgan fingerprint density at radius 3 is 2.29 bits per heavy atom. The number of rotatable bonds is 6. The van der Waals surface area contributed by atoms with Crippen molar-refractivity contribution in [2.24, 2.45) is 0 Å². The molecule has 4 rings (SSSR count). The average molecular weight is 481 g/mol. The highest BCUT2D eigenvalue weighted by molar-refractivity contribution is 7.18. The van der Waals surface area contributed by atoms with Crippen molar-refractivity contribution in [2.75, 3.05) is 44.8 Å². The van der Waals surface area contributed by atoms with Crippen LogP contribution in [0.15, 0.2) is 54.6 Å². The van der Waals surface area contributed by atoms with Gasteiger partial charge in [0.1, 0.15) is 5.01 Å². The second-order valence-corrected chi connectivity index (χ2v) is 8.82. The lowest BCUT2D eigenvalue weighted by Gasteiger charge is -2.32. The zero-order chi connectivity index (χ0) is 24.1. The van der Waals surface area contributed by atoms with Gasteiger partial charge in [0.05, 0.1) is 17.7 Å². The molecule has 0 atom stereocenters. The molecule has 0 saturated carbocycles. The second kappa shape index (κ2) is 10.5. The molecular formula is C23H24N6O4S. The highest BCUT2D eigenvalue weighted by Crippen LogP contribution is 2.29. The molecule has 0 aliphatic carbocycles. The number of carboxylic acid groups (broad SMARTS) is 1. The van der Waals surface area contributed by atoms with Crippen molar-refractivity contribution in [3.05, 3.63) is 65.7 Å². The highest BCUT2D eigenvalue weighted by atomic mass is 32.1. The quantitative estimate of drug-likeness (QED) is 0.513. The van der Waals surface area contributed by atoms with E-state index in [-0.39, 0.29) is 22.8 Å². The minimum Gasteiger partial charge on any atom is -0.478 e. The lowest BCUT2D eigenvalue weighted by molar-refractivity contribution is -0.122. The largest absolute Gasteiger partial charge is 0.478 e. The van der Waals surface area contributed by atoms with E-state index in [1.54, 1.807) is 6.07 Å². The number of nitrogens with zero attached hydrogens (tertiary/aromatic N) is 5. The molecule has 3 aromatic rings. The number of piperazine rings is 1. The molecule has 1 saturated heterocycles. The van der Waals surface area contributed by atoms with Crippen molar-refractivity contribution in [3.63, 3.8) is 0 Å². The van der Waals surface area contributed by atoms with E-state index in [9.17, 15) is 19.5 Å². The smallest absolute Gasteiger partial charge is 0.336 e. The molecule has 2 amide bonds. The predicted octanol–water partition coefficient (Wildman–Crippen LogP) is 1.83. The standard InChI is InChI=1S/C23H24N6O4S/c1-27-11-13-28(14-12-27)15-19(30)26-29(21(31)17-9-5-6-10-18(17)22(32)33)23-25-24-20(34-23)16-7-3-2-4-8-16/h2-10H,11-15H2,1H3,(H,26,30)(H,32,33). The van der Waals surface area contributed by atoms with Crippen molar-refractivity contribution in [3.8, 4) is 10.6 Å². The first-order chi connectivity index (χ1) is 16.4. The Bertz CT molecular complexity index is 1180. The van der Waals surface area contributed by atoms with Crippen molar-refractivity contribution in [2.45, 2.75) is 0 Å². The Kier molecular flexibility index (Phi) is 7.26. The highest BCUT2D eigenvalue weighted by Gasteiger charge is 2.28. The maximum Gasteiger partial charge on any atom is 0.336 e. The van der Waals surface area contributed by atoms with Gasteiger partial charge in [0.15, 0.2) is 0 Å². The normalized spacial score (nSPS) is 14.5. The Morgan fingerprint density at radius 2 is 1.62 bits per heavy atom. The summed E-state index contributed by atoms with van der Waals surface area (Å²) in [5, 5.41) is 19.5. The zero-order valence-electron chi connectivity index (χ0n) is 18.5. The fourth-order valence-corrected chi connectivity index (χ4v) is 4.34. The van der Waals surface area contributed by atoms with E-state index in [0.717, 1.165) is 48.1 Å². The Hall–Kier alpha value is -3.67. The minimum absolute atomic E-state index is 0.0636. The Balaban J connectivity index is 1.61. The first kappa shape index (κ1) is 23.5. The average Bonchev–Trinajstić information content (AvgIpc) is 3.34. The second-order valence-electron chi connectivity index (χ2n) is 7.86. The summed E-state index contributed by atoms with van der Waals surface area (Å²) in [4.78, 5) is 42.2. The van der Waals surface area contributed by atoms with Gasteiger partial charge in [0, 0.05) is 31.7 Å². The van der Waals surface area contributed by atoms with Crippen molar-refractivity contribution in [1.82, 2.24) is 25.4 Å². The van der Waals surface area contributed by atoms with Gasteiger partial charge >= 0.3 is 5.97 Å². The summed E-state index contributed by atoms with van der Waals surface area (Å²) in [6.07, 6.45) is 0. The van der Waals surface area contributed by atoms with Crippen molar-refractivity contribution < 1.29 is 19.5 Å². The molecule has 2 aromatic carbocycles. The molecule has 0 spiro atoms. The molecule has 176 valence electrons. The van der Waals surface area contributed by atoms with Gasteiger partial charge in [-0.2, -0.15) is 5.01 Å². The number of aromatic nitrogens is 2. The van der Waals surface area contributed by atoms with E-state index < -0.39 is 17.8 Å². The fourth-order valence-electron chi connectivity index (χ4n) is 3.53. The molecule has 2 heterocycles. The van der Waals surface area contributed by atoms with Crippen molar-refractivity contribution in [1.29, 1.82) is 0 Å². The van der Waals surface area contributed by atoms with E-state index in [4.69, 9.17) is 0 Å². The van der Waals surface area contributed by atoms with Gasteiger partial charge in [-0.3, -0.25) is 19.9 Å². The van der Waals surface area contributed by atoms with Crippen LogP contribution in [0.1, 0.15) is 20.7 Å². The molecule has 1 aromatic heterocycles. The number of hydrogen-bond acceptors (Lipinski definition) is 8. The Morgan fingerprint density at radius 1 is 0.971 bits per heavy atom. The molecule has 1 fully saturated rings. The molecule has 10 nitrogen and oxygen atoms in total. The van der Waals surface area contributed by atoms with E-state index in [1.165, 1.54) is 18.2 Å². The van der Waals surface area contributed by atoms with E-state index >= 15 is 0 Å². The van der Waals surface area contributed by atoms with Crippen LogP contribution in [-0.4, -0.2) is 82.7 Å². The summed E-state index contributed by atoms with van der Waals surface area (Å²) in [5.41, 5.74) is 3.21. The topological polar surface area (TPSA) is 119 Å². The molecule has 0 radical (unpaired) electrons. The summed E-state index contributed by atoms with van der Waals surface area (Å²) in [7, 11) is 2.03. The third-order valence-corrected chi connectivity index (χ3v) is 6.37. The van der Waals surface area contributed by atoms with E-state index in [0.29, 0.717) is 5.01 Å². The first-order valence-electron chi connectivity index (χ1n) is 10.7. The van der Waals surface area contributed by atoms with Crippen LogP contribution in [0.3, 0.4) is 0 Å². The SMILES string of the molecule is CN1CCN(CC(=O)NN(C(=O)c2ccccc2C(=O)O)c2nnc(-c3ccccc3)s2)CC1. The van der Waals surface area contributed by atoms with Gasteiger partial charge in [0.25, 0.3) is 11.8 Å². The number of amides is 2. The van der Waals surface area contributed by atoms with Crippen LogP contribution in [0.2, 0.25) is 0 Å². The van der Waals surface area contributed by atoms with Gasteiger partial charge in [-0.1, -0.05) is 53.8 Å². The van der Waals surface area contributed by atoms with Crippen LogP contribution < -0.4 is 10.4 Å². The van der Waals surface area contributed by atoms with Crippen LogP contribution in [0.5, 0.6) is 0 Å². The summed E-state index contributed by atoms with van der Waals surface area (Å²) in [6.45, 7) is 3.26. The number of nitrogens with one attached hydrogen (secondary N) is 1. The molecule has 1 aliphatic rings. The summed E-state index contributed by atoms with van der Waals surface area (Å²) >= 11 is 1.12. The lowest BCUT2D eigenvalue weighted by atomic mass is 10.1. The van der Waals surface area contributed by atoms with Gasteiger partial charge in [-0.05, 0) is 19.2 Å². The first-order valence-corrected chi connectivity index (χ1v) is 11.5. The number of carbonyl (C=O) groups is 3. The fraction of sp³-hybridized carbons (Fsp3) is 0.261. The lowest BCUT2D eigenvalue weighted by Crippen LogP contribution is -2.53. The maximum atomic E-state index is 13.5. The molecule has 0 bridgehead atoms. The number of carboxylic acids is 1. The van der Waals surface area contributed by atoms with Crippen molar-refractivity contribution >= 4 is 34.3 Å². The van der Waals surface area contributed by atoms with Crippen LogP contribution in [0.25, 0.3) is 10.6 Å². The molecule has 11 heteroatoms. The van der Waals surface area contributed by atoms with E-state index in [2.05, 4.69) is 20.5 Å². The number of benzene rings is 2. The zero-order valence-corrected chi connectivity index (χ0v) is 19.4. The van der Waals surface area contributed by atoms with Gasteiger partial charge < -0.3 is 10.0 Å². The van der Waals surface area contributed by atoms with Crippen LogP contribution in [-0.2, 0) is 4.79 Å². The third kappa shape index (κ3) is 5.45. The number of carbonyl (C=O) groups excluding carboxylic acids is 2. The molecule has 2 N–H and O–H groups in total. The number of hydrogen-bond donors (Lipinski definition) is 2. The predicted molar refractivity (Wildman–Crippen MR) is 128 cm³/mol. The monoisotopic (exact) mass is 480 g/mol. The number of likely N-dealkylation sites (N-methyl/N-ethyl adjacent to an activating group) is 1. The molecular weight excluding hydrogens is 456 g/mol. The maximum absolute atomic E-state index is 13.5. The van der Waals surface area contributed by atoms with Crippen LogP contribution in [0, 0.1) is 0 Å². The molecule has 1 aliphatic heterocycles. The van der Waals surface area contributed by atoms with Gasteiger partial charge in [-0.15, -0.1) is 10.2 Å². The minimum atomic E-state index is -1.24. The van der Waals surface area contributed by atoms with Crippen LogP contribution in [0.4, 0.5) is 5.13 Å². The Labute approximate surface area is 200 Å². The summed E-state index contributed by atoms with van der Waals surface area (Å²) in [6, 6.07) is 15.2. The van der Waals surface area contributed by atoms with Crippen LogP contribution >= 0.6 is 11.3 Å². The third-order valence-electron chi connectivity index (χ3n) is 5.42. The summed E-state index contributed by atoms with van der Waals surface area (Å²) < 4.78 is 0. The molecule has 34 heavy (non-hydrogen) atoms. The number of anilines is 1. The summed E-state index contributed by atoms with van der Waals surface area (Å²) in [5.74, 6) is -2.35. The molecule has 0 unspecified atom stereocenters. The van der Waals surface area contributed by atoms with Gasteiger partial charge in [0.2, 0.25) is 5.13 Å². The number of hydrazine groups is 1. The van der Waals surface area contributed by atoms with Gasteiger partial charge in [-0.25, -0.2) is 4.79 Å². The number of aromatic carboxylic acids is 1.